The number of aromatic nitrogens is 2. The molecule has 0 N–H and O–H groups in total. The van der Waals surface area contributed by atoms with E-state index in [1.807, 2.05) is 37.3 Å². The van der Waals surface area contributed by atoms with Crippen molar-refractivity contribution in [2.45, 2.75) is 19.9 Å². The third-order valence-corrected chi connectivity index (χ3v) is 5.50. The van der Waals surface area contributed by atoms with Gasteiger partial charge in [-0.05, 0) is 30.2 Å². The number of aryl methyl sites for hydroxylation is 1. The molecule has 146 valence electrons. The standard InChI is InChI=1S/C22H17F2N3OS/c1-14-4-6-15(7-5-14)9-20(28)27(13-16-3-2-8-25-12-16)22-26-21-18(24)10-17(23)11-19(21)29-22/h2-8,10-12H,9,13H2,1H3. The molecule has 0 fully saturated rings. The Bertz CT molecular complexity index is 1160. The first kappa shape index (κ1) is 19.1. The van der Waals surface area contributed by atoms with Crippen LogP contribution in [0.4, 0.5) is 13.9 Å². The highest BCUT2D eigenvalue weighted by molar-refractivity contribution is 7.22. The van der Waals surface area contributed by atoms with E-state index in [9.17, 15) is 13.6 Å². The number of anilines is 1. The van der Waals surface area contributed by atoms with Gasteiger partial charge in [-0.15, -0.1) is 0 Å². The maximum atomic E-state index is 14.1. The number of hydrogen-bond acceptors (Lipinski definition) is 4. The van der Waals surface area contributed by atoms with E-state index in [1.54, 1.807) is 18.5 Å². The number of benzene rings is 2. The third-order valence-electron chi connectivity index (χ3n) is 4.47. The minimum Gasteiger partial charge on any atom is -0.283 e. The van der Waals surface area contributed by atoms with E-state index < -0.39 is 11.6 Å². The van der Waals surface area contributed by atoms with Gasteiger partial charge in [-0.2, -0.15) is 0 Å². The van der Waals surface area contributed by atoms with Gasteiger partial charge in [-0.1, -0.05) is 47.2 Å². The van der Waals surface area contributed by atoms with Crippen molar-refractivity contribution >= 4 is 32.6 Å². The number of halogens is 2. The molecule has 0 radical (unpaired) electrons. The molecule has 0 atom stereocenters. The minimum absolute atomic E-state index is 0.0609. The summed E-state index contributed by atoms with van der Waals surface area (Å²) >= 11 is 1.09. The summed E-state index contributed by atoms with van der Waals surface area (Å²) in [7, 11) is 0. The number of hydrogen-bond donors (Lipinski definition) is 0. The summed E-state index contributed by atoms with van der Waals surface area (Å²) in [5.41, 5.74) is 2.86. The summed E-state index contributed by atoms with van der Waals surface area (Å²) in [6.45, 7) is 2.22. The van der Waals surface area contributed by atoms with Gasteiger partial charge in [0.05, 0.1) is 17.7 Å². The zero-order valence-corrected chi connectivity index (χ0v) is 16.4. The van der Waals surface area contributed by atoms with Crippen molar-refractivity contribution in [3.63, 3.8) is 0 Å². The Hall–Kier alpha value is -3.19. The SMILES string of the molecule is Cc1ccc(CC(=O)N(Cc2cccnc2)c2nc3c(F)cc(F)cc3s2)cc1. The highest BCUT2D eigenvalue weighted by atomic mass is 32.1. The average molecular weight is 409 g/mol. The molecule has 2 aromatic heterocycles. The van der Waals surface area contributed by atoms with E-state index in [2.05, 4.69) is 9.97 Å². The number of pyridine rings is 1. The second-order valence-corrected chi connectivity index (χ2v) is 7.74. The summed E-state index contributed by atoms with van der Waals surface area (Å²) in [6, 6.07) is 13.4. The van der Waals surface area contributed by atoms with Crippen molar-refractivity contribution in [2.75, 3.05) is 4.90 Å². The highest BCUT2D eigenvalue weighted by Gasteiger charge is 2.22. The summed E-state index contributed by atoms with van der Waals surface area (Å²) < 4.78 is 28.1. The van der Waals surface area contributed by atoms with Gasteiger partial charge in [0, 0.05) is 18.5 Å². The van der Waals surface area contributed by atoms with Crippen LogP contribution in [-0.2, 0) is 17.8 Å². The van der Waals surface area contributed by atoms with Crippen LogP contribution in [0, 0.1) is 18.6 Å². The van der Waals surface area contributed by atoms with Crippen molar-refractivity contribution in [2.24, 2.45) is 0 Å². The first-order valence-corrected chi connectivity index (χ1v) is 9.81. The Morgan fingerprint density at radius 1 is 1.10 bits per heavy atom. The fraction of sp³-hybridized carbons (Fsp3) is 0.136. The van der Waals surface area contributed by atoms with E-state index in [-0.39, 0.29) is 24.4 Å². The maximum absolute atomic E-state index is 14.1. The van der Waals surface area contributed by atoms with Crippen molar-refractivity contribution < 1.29 is 13.6 Å². The molecule has 0 saturated carbocycles. The molecule has 4 rings (SSSR count). The molecule has 0 aliphatic heterocycles. The molecule has 2 heterocycles. The van der Waals surface area contributed by atoms with Crippen LogP contribution >= 0.6 is 11.3 Å². The minimum atomic E-state index is -0.741. The molecule has 7 heteroatoms. The average Bonchev–Trinajstić information content (AvgIpc) is 3.12. The van der Waals surface area contributed by atoms with Crippen LogP contribution in [0.25, 0.3) is 10.2 Å². The summed E-state index contributed by atoms with van der Waals surface area (Å²) in [5.74, 6) is -1.59. The highest BCUT2D eigenvalue weighted by Crippen LogP contribution is 2.32. The maximum Gasteiger partial charge on any atom is 0.233 e. The second kappa shape index (κ2) is 8.05. The Kier molecular flexibility index (Phi) is 5.31. The smallest absolute Gasteiger partial charge is 0.233 e. The number of carbonyl (C=O) groups is 1. The van der Waals surface area contributed by atoms with E-state index in [1.165, 1.54) is 11.0 Å². The van der Waals surface area contributed by atoms with E-state index in [0.29, 0.717) is 9.83 Å². The molecule has 4 nitrogen and oxygen atoms in total. The zero-order chi connectivity index (χ0) is 20.4. The van der Waals surface area contributed by atoms with Gasteiger partial charge in [0.2, 0.25) is 5.91 Å². The normalized spacial score (nSPS) is 11.0. The Morgan fingerprint density at radius 3 is 2.62 bits per heavy atom. The second-order valence-electron chi connectivity index (χ2n) is 6.73. The predicted molar refractivity (Wildman–Crippen MR) is 110 cm³/mol. The molecule has 0 saturated heterocycles. The van der Waals surface area contributed by atoms with Gasteiger partial charge >= 0.3 is 0 Å². The van der Waals surface area contributed by atoms with E-state index >= 15 is 0 Å². The van der Waals surface area contributed by atoms with Crippen LogP contribution in [-0.4, -0.2) is 15.9 Å². The predicted octanol–water partition coefficient (Wildman–Crippen LogP) is 5.05. The molecular formula is C22H17F2N3OS. The molecule has 2 aromatic carbocycles. The Balaban J connectivity index is 1.70. The Morgan fingerprint density at radius 2 is 1.90 bits per heavy atom. The summed E-state index contributed by atoms with van der Waals surface area (Å²) in [4.78, 5) is 23.0. The molecule has 1 amide bonds. The lowest BCUT2D eigenvalue weighted by atomic mass is 10.1. The number of amides is 1. The fourth-order valence-electron chi connectivity index (χ4n) is 2.97. The van der Waals surface area contributed by atoms with E-state index in [0.717, 1.165) is 34.1 Å². The van der Waals surface area contributed by atoms with Gasteiger partial charge in [0.15, 0.2) is 10.9 Å². The molecule has 0 spiro atoms. The van der Waals surface area contributed by atoms with Crippen molar-refractivity contribution in [1.82, 2.24) is 9.97 Å². The molecule has 0 aliphatic rings. The Labute approximate surface area is 170 Å². The number of nitrogens with zero attached hydrogens (tertiary/aromatic N) is 3. The topological polar surface area (TPSA) is 46.1 Å². The first-order chi connectivity index (χ1) is 14.0. The number of fused-ring (bicyclic) bond motifs is 1. The lowest BCUT2D eigenvalue weighted by Crippen LogP contribution is -2.31. The molecule has 29 heavy (non-hydrogen) atoms. The largest absolute Gasteiger partial charge is 0.283 e. The van der Waals surface area contributed by atoms with E-state index in [4.69, 9.17) is 0 Å². The first-order valence-electron chi connectivity index (χ1n) is 9.00. The zero-order valence-electron chi connectivity index (χ0n) is 15.6. The molecule has 0 unspecified atom stereocenters. The fourth-order valence-corrected chi connectivity index (χ4v) is 4.00. The number of thiazole rings is 1. The van der Waals surface area contributed by atoms with Crippen LogP contribution in [0.1, 0.15) is 16.7 Å². The quantitative estimate of drug-likeness (QED) is 0.463. The van der Waals surface area contributed by atoms with Gasteiger partial charge in [0.25, 0.3) is 0 Å². The van der Waals surface area contributed by atoms with Gasteiger partial charge in [-0.25, -0.2) is 13.8 Å². The lowest BCUT2D eigenvalue weighted by Gasteiger charge is -2.20. The van der Waals surface area contributed by atoms with Crippen LogP contribution in [0.2, 0.25) is 0 Å². The van der Waals surface area contributed by atoms with Crippen LogP contribution < -0.4 is 4.90 Å². The van der Waals surface area contributed by atoms with Crippen molar-refractivity contribution in [3.05, 3.63) is 89.2 Å². The molecule has 4 aromatic rings. The van der Waals surface area contributed by atoms with Crippen molar-refractivity contribution in [3.8, 4) is 0 Å². The van der Waals surface area contributed by atoms with Crippen LogP contribution in [0.3, 0.4) is 0 Å². The molecule has 0 aliphatic carbocycles. The van der Waals surface area contributed by atoms with Gasteiger partial charge < -0.3 is 0 Å². The molecular weight excluding hydrogens is 392 g/mol. The summed E-state index contributed by atoms with van der Waals surface area (Å²) in [5, 5.41) is 0.325. The third kappa shape index (κ3) is 4.30. The monoisotopic (exact) mass is 409 g/mol. The number of rotatable bonds is 5. The van der Waals surface area contributed by atoms with Gasteiger partial charge in [-0.3, -0.25) is 14.7 Å². The summed E-state index contributed by atoms with van der Waals surface area (Å²) in [6.07, 6.45) is 3.49. The molecule has 0 bridgehead atoms. The van der Waals surface area contributed by atoms with Crippen LogP contribution in [0.5, 0.6) is 0 Å². The van der Waals surface area contributed by atoms with Crippen molar-refractivity contribution in [1.29, 1.82) is 0 Å². The number of carbonyl (C=O) groups excluding carboxylic acids is 1. The van der Waals surface area contributed by atoms with Gasteiger partial charge in [0.1, 0.15) is 11.3 Å². The van der Waals surface area contributed by atoms with Crippen LogP contribution in [0.15, 0.2) is 60.9 Å². The lowest BCUT2D eigenvalue weighted by molar-refractivity contribution is -0.118.